The first-order valence-corrected chi connectivity index (χ1v) is 8.45. The van der Waals surface area contributed by atoms with E-state index in [4.69, 9.17) is 0 Å². The zero-order valence-electron chi connectivity index (χ0n) is 15.1. The van der Waals surface area contributed by atoms with Crippen LogP contribution in [0.25, 0.3) is 16.7 Å². The summed E-state index contributed by atoms with van der Waals surface area (Å²) in [4.78, 5) is 29.4. The van der Waals surface area contributed by atoms with E-state index in [9.17, 15) is 19.8 Å². The number of β-lactam (4-membered cyclic amide) rings is 1. The fourth-order valence-corrected chi connectivity index (χ4v) is 3.94. The summed E-state index contributed by atoms with van der Waals surface area (Å²) in [5.74, 6) is -2.29. The van der Waals surface area contributed by atoms with E-state index in [0.29, 0.717) is 12.0 Å². The largest absolute Gasteiger partial charge is 1.00 e. The molecule has 2 aliphatic heterocycles. The number of fused-ring (bicyclic) bond motifs is 1. The molecule has 3 atom stereocenters. The summed E-state index contributed by atoms with van der Waals surface area (Å²) in [7, 11) is 0. The number of carboxylic acid groups (broad SMARTS) is 1. The molecule has 0 saturated carbocycles. The number of amides is 1. The third kappa shape index (κ3) is 3.23. The average molecular weight is 372 g/mol. The quantitative estimate of drug-likeness (QED) is 0.487. The Hall–Kier alpha value is -1.99. The summed E-state index contributed by atoms with van der Waals surface area (Å²) in [5, 5.41) is 21.5. The molecule has 6 nitrogen and oxygen atoms in total. The fraction of sp³-hybridized carbons (Fsp3) is 0.250. The number of aliphatic hydroxyl groups excluding tert-OH is 1. The second-order valence-corrected chi connectivity index (χ2v) is 6.68. The van der Waals surface area contributed by atoms with Crippen LogP contribution < -0.4 is 34.7 Å². The number of hydrogen-bond acceptors (Lipinski definition) is 5. The number of nitrogens with zero attached hydrogens (tertiary/aromatic N) is 2. The molecule has 2 aromatic rings. The van der Waals surface area contributed by atoms with Gasteiger partial charge in [0, 0.05) is 18.0 Å². The molecule has 1 amide bonds. The molecule has 4 rings (SSSR count). The Morgan fingerprint density at radius 2 is 1.96 bits per heavy atom. The van der Waals surface area contributed by atoms with Gasteiger partial charge in [0.15, 0.2) is 0 Å². The second-order valence-electron chi connectivity index (χ2n) is 6.68. The van der Waals surface area contributed by atoms with Gasteiger partial charge in [-0.2, -0.15) is 0 Å². The van der Waals surface area contributed by atoms with Crippen molar-refractivity contribution in [3.8, 4) is 11.1 Å². The molecule has 0 spiro atoms. The van der Waals surface area contributed by atoms with Crippen molar-refractivity contribution < 1.29 is 49.4 Å². The zero-order valence-corrected chi connectivity index (χ0v) is 17.1. The molecule has 0 radical (unpaired) electrons. The topological polar surface area (TPSA) is 93.6 Å². The molecule has 1 fully saturated rings. The van der Waals surface area contributed by atoms with Crippen LogP contribution in [0.3, 0.4) is 0 Å². The van der Waals surface area contributed by atoms with Crippen molar-refractivity contribution in [2.45, 2.75) is 25.5 Å². The van der Waals surface area contributed by atoms with Crippen LogP contribution in [-0.2, 0) is 9.59 Å². The van der Waals surface area contributed by atoms with Crippen LogP contribution in [0.4, 0.5) is 0 Å². The van der Waals surface area contributed by atoms with Gasteiger partial charge in [-0.05, 0) is 42.2 Å². The smallest absolute Gasteiger partial charge is 0.543 e. The van der Waals surface area contributed by atoms with E-state index in [2.05, 4.69) is 4.98 Å². The Labute approximate surface area is 178 Å². The number of rotatable bonds is 4. The molecule has 1 unspecified atom stereocenters. The summed E-state index contributed by atoms with van der Waals surface area (Å²) < 4.78 is 0. The molecule has 1 aromatic heterocycles. The van der Waals surface area contributed by atoms with Gasteiger partial charge in [0.25, 0.3) is 0 Å². The van der Waals surface area contributed by atoms with Gasteiger partial charge in [-0.1, -0.05) is 24.3 Å². The van der Waals surface area contributed by atoms with Crippen molar-refractivity contribution in [3.05, 3.63) is 60.1 Å². The van der Waals surface area contributed by atoms with Crippen molar-refractivity contribution in [1.82, 2.24) is 9.88 Å². The van der Waals surface area contributed by atoms with Gasteiger partial charge in [0.1, 0.15) is 0 Å². The van der Waals surface area contributed by atoms with Gasteiger partial charge in [0.05, 0.1) is 29.7 Å². The number of carbonyl (C=O) groups is 2. The minimum absolute atomic E-state index is 0. The predicted molar refractivity (Wildman–Crippen MR) is 92.0 cm³/mol. The molecule has 0 aliphatic carbocycles. The van der Waals surface area contributed by atoms with Crippen LogP contribution in [0.15, 0.2) is 54.5 Å². The minimum Gasteiger partial charge on any atom is -0.543 e. The van der Waals surface area contributed by atoms with Crippen molar-refractivity contribution in [2.24, 2.45) is 5.92 Å². The van der Waals surface area contributed by atoms with Crippen LogP contribution in [0.5, 0.6) is 0 Å². The molecule has 132 valence electrons. The Balaban J connectivity index is 0.00000210. The van der Waals surface area contributed by atoms with Gasteiger partial charge < -0.3 is 19.9 Å². The first-order chi connectivity index (χ1) is 12.5. The summed E-state index contributed by atoms with van der Waals surface area (Å²) >= 11 is 0. The van der Waals surface area contributed by atoms with Crippen LogP contribution in [-0.4, -0.2) is 39.0 Å². The molecule has 2 aliphatic rings. The first kappa shape index (κ1) is 19.8. The minimum atomic E-state index is -1.37. The van der Waals surface area contributed by atoms with E-state index >= 15 is 0 Å². The Bertz CT molecular complexity index is 927. The van der Waals surface area contributed by atoms with E-state index in [-0.39, 0.29) is 47.2 Å². The summed E-state index contributed by atoms with van der Waals surface area (Å²) in [5.41, 5.74) is 3.05. The predicted octanol–water partition coefficient (Wildman–Crippen LogP) is -2.17. The maximum Gasteiger partial charge on any atom is 1.00 e. The Morgan fingerprint density at radius 1 is 1.26 bits per heavy atom. The summed E-state index contributed by atoms with van der Waals surface area (Å²) in [6.07, 6.45) is 3.00. The van der Waals surface area contributed by atoms with E-state index in [0.717, 1.165) is 16.7 Å². The standard InChI is InChI=1S/C20H18N2O4.Na/c1-11(23)17-16-9-15(18(20(25)26)22(16)19(17)24)13-5-2-4-12(8-13)14-6-3-7-21-10-14;/h2-8,10-11,16-17,23H,9H2,1H3,(H,25,26);/q;+1/p-1/t11?,16-,17-;/m1./s1. The molecule has 3 heterocycles. The van der Waals surface area contributed by atoms with Gasteiger partial charge in [0.2, 0.25) is 5.91 Å². The number of carboxylic acids is 1. The molecule has 0 bridgehead atoms. The molecular weight excluding hydrogens is 355 g/mol. The number of aliphatic hydroxyl groups is 1. The molecule has 1 saturated heterocycles. The molecule has 1 aromatic carbocycles. The third-order valence-electron chi connectivity index (χ3n) is 5.13. The van der Waals surface area contributed by atoms with Crippen molar-refractivity contribution in [3.63, 3.8) is 0 Å². The maximum absolute atomic E-state index is 12.3. The van der Waals surface area contributed by atoms with E-state index < -0.39 is 18.0 Å². The summed E-state index contributed by atoms with van der Waals surface area (Å²) in [6, 6.07) is 10.9. The van der Waals surface area contributed by atoms with Gasteiger partial charge in [-0.25, -0.2) is 0 Å². The molecular formula is C20H17N2NaO4. The number of hydrogen-bond donors (Lipinski definition) is 1. The number of aromatic nitrogens is 1. The van der Waals surface area contributed by atoms with Gasteiger partial charge in [-0.3, -0.25) is 9.78 Å². The monoisotopic (exact) mass is 372 g/mol. The van der Waals surface area contributed by atoms with Gasteiger partial charge >= 0.3 is 29.6 Å². The van der Waals surface area contributed by atoms with Crippen molar-refractivity contribution in [2.75, 3.05) is 0 Å². The van der Waals surface area contributed by atoms with Crippen molar-refractivity contribution in [1.29, 1.82) is 0 Å². The maximum atomic E-state index is 12.3. The normalized spacial score (nSPS) is 22.0. The fourth-order valence-electron chi connectivity index (χ4n) is 3.94. The number of benzene rings is 1. The first-order valence-electron chi connectivity index (χ1n) is 8.45. The van der Waals surface area contributed by atoms with Crippen molar-refractivity contribution >= 4 is 17.4 Å². The van der Waals surface area contributed by atoms with Gasteiger partial charge in [-0.15, -0.1) is 0 Å². The zero-order chi connectivity index (χ0) is 18.4. The Morgan fingerprint density at radius 3 is 2.59 bits per heavy atom. The second kappa shape index (κ2) is 7.56. The Kier molecular flexibility index (Phi) is 5.53. The van der Waals surface area contributed by atoms with Crippen LogP contribution in [0.1, 0.15) is 18.9 Å². The average Bonchev–Trinajstić information content (AvgIpc) is 2.97. The number of pyridine rings is 1. The third-order valence-corrected chi connectivity index (χ3v) is 5.13. The summed E-state index contributed by atoms with van der Waals surface area (Å²) in [6.45, 7) is 1.56. The van der Waals surface area contributed by atoms with E-state index in [1.165, 1.54) is 4.90 Å². The SMILES string of the molecule is CC(O)[C@H]1C(=O)N2C(C(=O)[O-])=C(c3cccc(-c4cccnc4)c3)C[C@H]12.[Na+]. The number of carbonyl (C=O) groups excluding carboxylic acids is 2. The number of aliphatic carboxylic acids is 1. The van der Waals surface area contributed by atoms with E-state index in [1.807, 2.05) is 36.4 Å². The molecule has 7 heteroatoms. The molecule has 1 N–H and O–H groups in total. The molecule has 27 heavy (non-hydrogen) atoms. The van der Waals surface area contributed by atoms with Crippen LogP contribution in [0, 0.1) is 5.92 Å². The van der Waals surface area contributed by atoms with Crippen LogP contribution in [0.2, 0.25) is 0 Å². The van der Waals surface area contributed by atoms with E-state index in [1.54, 1.807) is 19.3 Å². The van der Waals surface area contributed by atoms with Crippen LogP contribution >= 0.6 is 0 Å².